The summed E-state index contributed by atoms with van der Waals surface area (Å²) in [6, 6.07) is 1.50. The maximum atomic E-state index is 5.78. The van der Waals surface area contributed by atoms with Gasteiger partial charge in [-0.1, -0.05) is 6.92 Å². The van der Waals surface area contributed by atoms with Gasteiger partial charge in [-0.15, -0.1) is 0 Å². The summed E-state index contributed by atoms with van der Waals surface area (Å²) in [6.45, 7) is 8.66. The summed E-state index contributed by atoms with van der Waals surface area (Å²) < 4.78 is 5.78. The molecule has 1 N–H and O–H groups in total. The van der Waals surface area contributed by atoms with Crippen molar-refractivity contribution >= 4 is 0 Å². The Labute approximate surface area is 93.2 Å². The van der Waals surface area contributed by atoms with Crippen LogP contribution in [0.25, 0.3) is 0 Å². The highest BCUT2D eigenvalue weighted by molar-refractivity contribution is 4.88. The van der Waals surface area contributed by atoms with Crippen LogP contribution in [0.4, 0.5) is 0 Å². The molecule has 1 saturated carbocycles. The third kappa shape index (κ3) is 3.44. The molecule has 0 radical (unpaired) electrons. The van der Waals surface area contributed by atoms with E-state index < -0.39 is 0 Å². The van der Waals surface area contributed by atoms with Gasteiger partial charge >= 0.3 is 0 Å². The molecule has 0 aromatic carbocycles. The molecule has 1 aliphatic carbocycles. The number of rotatable bonds is 5. The summed E-state index contributed by atoms with van der Waals surface area (Å²) in [5.41, 5.74) is 0. The SMILES string of the molecule is CCC(C)NCC1CN(C2CC2)CCO1. The predicted molar refractivity (Wildman–Crippen MR) is 62.1 cm³/mol. The van der Waals surface area contributed by atoms with E-state index in [2.05, 4.69) is 24.1 Å². The fourth-order valence-corrected chi connectivity index (χ4v) is 2.11. The van der Waals surface area contributed by atoms with Crippen LogP contribution in [0.15, 0.2) is 0 Å². The van der Waals surface area contributed by atoms with Crippen LogP contribution in [0, 0.1) is 0 Å². The maximum absolute atomic E-state index is 5.78. The highest BCUT2D eigenvalue weighted by Gasteiger charge is 2.32. The zero-order chi connectivity index (χ0) is 10.7. The summed E-state index contributed by atoms with van der Waals surface area (Å²) in [4.78, 5) is 2.60. The molecule has 0 bridgehead atoms. The Morgan fingerprint density at radius 2 is 2.27 bits per heavy atom. The highest BCUT2D eigenvalue weighted by Crippen LogP contribution is 2.28. The maximum Gasteiger partial charge on any atom is 0.0826 e. The van der Waals surface area contributed by atoms with E-state index in [9.17, 15) is 0 Å². The smallest absolute Gasteiger partial charge is 0.0826 e. The summed E-state index contributed by atoms with van der Waals surface area (Å²) in [6.07, 6.45) is 4.42. The lowest BCUT2D eigenvalue weighted by atomic mass is 10.2. The van der Waals surface area contributed by atoms with E-state index >= 15 is 0 Å². The van der Waals surface area contributed by atoms with Gasteiger partial charge in [0, 0.05) is 31.7 Å². The van der Waals surface area contributed by atoms with Crippen LogP contribution in [0.2, 0.25) is 0 Å². The van der Waals surface area contributed by atoms with Gasteiger partial charge in [-0.2, -0.15) is 0 Å². The van der Waals surface area contributed by atoms with Crippen LogP contribution in [0.1, 0.15) is 33.1 Å². The lowest BCUT2D eigenvalue weighted by molar-refractivity contribution is -0.0309. The van der Waals surface area contributed by atoms with Crippen LogP contribution in [0.3, 0.4) is 0 Å². The summed E-state index contributed by atoms with van der Waals surface area (Å²) in [5.74, 6) is 0. The van der Waals surface area contributed by atoms with Gasteiger partial charge in [0.25, 0.3) is 0 Å². The normalized spacial score (nSPS) is 30.4. The first-order chi connectivity index (χ1) is 7.29. The first-order valence-electron chi connectivity index (χ1n) is 6.38. The second-order valence-electron chi connectivity index (χ2n) is 4.94. The van der Waals surface area contributed by atoms with Crippen molar-refractivity contribution in [2.45, 2.75) is 51.3 Å². The average Bonchev–Trinajstić information content (AvgIpc) is 3.10. The fraction of sp³-hybridized carbons (Fsp3) is 1.00. The molecule has 0 spiro atoms. The lowest BCUT2D eigenvalue weighted by Gasteiger charge is -2.33. The van der Waals surface area contributed by atoms with Crippen molar-refractivity contribution in [3.05, 3.63) is 0 Å². The average molecular weight is 212 g/mol. The minimum absolute atomic E-state index is 0.411. The standard InChI is InChI=1S/C12H24N2O/c1-3-10(2)13-8-12-9-14(6-7-15-12)11-4-5-11/h10-13H,3-9H2,1-2H3. The molecule has 1 saturated heterocycles. The topological polar surface area (TPSA) is 24.5 Å². The van der Waals surface area contributed by atoms with Gasteiger partial charge in [-0.05, 0) is 26.2 Å². The first-order valence-corrected chi connectivity index (χ1v) is 6.38. The Morgan fingerprint density at radius 3 is 2.93 bits per heavy atom. The van der Waals surface area contributed by atoms with Crippen LogP contribution in [-0.2, 0) is 4.74 Å². The van der Waals surface area contributed by atoms with E-state index in [-0.39, 0.29) is 0 Å². The van der Waals surface area contributed by atoms with Gasteiger partial charge in [-0.25, -0.2) is 0 Å². The van der Waals surface area contributed by atoms with Gasteiger partial charge < -0.3 is 10.1 Å². The van der Waals surface area contributed by atoms with E-state index in [0.29, 0.717) is 12.1 Å². The molecule has 0 aromatic heterocycles. The van der Waals surface area contributed by atoms with Crippen molar-refractivity contribution in [1.82, 2.24) is 10.2 Å². The molecule has 3 heteroatoms. The number of nitrogens with zero attached hydrogens (tertiary/aromatic N) is 1. The molecule has 15 heavy (non-hydrogen) atoms. The van der Waals surface area contributed by atoms with E-state index in [1.807, 2.05) is 0 Å². The van der Waals surface area contributed by atoms with Crippen LogP contribution >= 0.6 is 0 Å². The molecule has 1 aliphatic heterocycles. The van der Waals surface area contributed by atoms with Crippen LogP contribution < -0.4 is 5.32 Å². The molecule has 88 valence electrons. The Balaban J connectivity index is 1.67. The highest BCUT2D eigenvalue weighted by atomic mass is 16.5. The van der Waals surface area contributed by atoms with Crippen molar-refractivity contribution in [1.29, 1.82) is 0 Å². The van der Waals surface area contributed by atoms with Crippen molar-refractivity contribution in [3.63, 3.8) is 0 Å². The molecule has 3 nitrogen and oxygen atoms in total. The van der Waals surface area contributed by atoms with Gasteiger partial charge in [0.15, 0.2) is 0 Å². The minimum Gasteiger partial charge on any atom is -0.374 e. The number of hydrogen-bond donors (Lipinski definition) is 1. The lowest BCUT2D eigenvalue weighted by Crippen LogP contribution is -2.48. The third-order valence-electron chi connectivity index (χ3n) is 3.54. The molecule has 2 rings (SSSR count). The second kappa shape index (κ2) is 5.28. The monoisotopic (exact) mass is 212 g/mol. The zero-order valence-electron chi connectivity index (χ0n) is 10.0. The van der Waals surface area contributed by atoms with Gasteiger partial charge in [0.05, 0.1) is 12.7 Å². The summed E-state index contributed by atoms with van der Waals surface area (Å²) >= 11 is 0. The first kappa shape index (κ1) is 11.4. The number of morpholine rings is 1. The molecular formula is C12H24N2O. The van der Waals surface area contributed by atoms with Gasteiger partial charge in [-0.3, -0.25) is 4.90 Å². The second-order valence-corrected chi connectivity index (χ2v) is 4.94. The minimum atomic E-state index is 0.411. The molecular weight excluding hydrogens is 188 g/mol. The van der Waals surface area contributed by atoms with Crippen LogP contribution in [0.5, 0.6) is 0 Å². The molecule has 2 unspecified atom stereocenters. The Hall–Kier alpha value is -0.120. The van der Waals surface area contributed by atoms with Crippen molar-refractivity contribution in [2.24, 2.45) is 0 Å². The van der Waals surface area contributed by atoms with E-state index in [0.717, 1.165) is 32.3 Å². The number of hydrogen-bond acceptors (Lipinski definition) is 3. The zero-order valence-corrected chi connectivity index (χ0v) is 10.0. The Bertz CT molecular complexity index is 194. The molecule has 0 aromatic rings. The van der Waals surface area contributed by atoms with Crippen LogP contribution in [-0.4, -0.2) is 49.3 Å². The van der Waals surface area contributed by atoms with E-state index in [1.54, 1.807) is 0 Å². The Morgan fingerprint density at radius 1 is 1.47 bits per heavy atom. The Kier molecular flexibility index (Phi) is 4.00. The number of nitrogens with one attached hydrogen (secondary N) is 1. The van der Waals surface area contributed by atoms with Crippen molar-refractivity contribution < 1.29 is 4.74 Å². The van der Waals surface area contributed by atoms with Crippen molar-refractivity contribution in [3.8, 4) is 0 Å². The predicted octanol–water partition coefficient (Wildman–Crippen LogP) is 1.24. The van der Waals surface area contributed by atoms with Gasteiger partial charge in [0.1, 0.15) is 0 Å². The molecule has 0 amide bonds. The van der Waals surface area contributed by atoms with E-state index in [4.69, 9.17) is 4.74 Å². The molecule has 2 atom stereocenters. The number of ether oxygens (including phenoxy) is 1. The van der Waals surface area contributed by atoms with Crippen molar-refractivity contribution in [2.75, 3.05) is 26.2 Å². The molecule has 2 aliphatic rings. The van der Waals surface area contributed by atoms with Gasteiger partial charge in [0.2, 0.25) is 0 Å². The fourth-order valence-electron chi connectivity index (χ4n) is 2.11. The third-order valence-corrected chi connectivity index (χ3v) is 3.54. The molecule has 1 heterocycles. The quantitative estimate of drug-likeness (QED) is 0.742. The largest absolute Gasteiger partial charge is 0.374 e. The summed E-state index contributed by atoms with van der Waals surface area (Å²) in [7, 11) is 0. The molecule has 2 fully saturated rings. The van der Waals surface area contributed by atoms with E-state index in [1.165, 1.54) is 19.3 Å². The summed E-state index contributed by atoms with van der Waals surface area (Å²) in [5, 5.41) is 3.53.